The normalized spacial score (nSPS) is 54.9. The van der Waals surface area contributed by atoms with Gasteiger partial charge in [-0.25, -0.2) is 0 Å². The van der Waals surface area contributed by atoms with E-state index in [0.717, 1.165) is 23.7 Å². The van der Waals surface area contributed by atoms with Crippen molar-refractivity contribution in [3.63, 3.8) is 0 Å². The minimum Gasteiger partial charge on any atom is -0.0879 e. The van der Waals surface area contributed by atoms with E-state index in [0.29, 0.717) is 10.8 Å². The van der Waals surface area contributed by atoms with Gasteiger partial charge < -0.3 is 0 Å². The van der Waals surface area contributed by atoms with Crippen LogP contribution in [-0.4, -0.2) is 0 Å². The van der Waals surface area contributed by atoms with Gasteiger partial charge in [0.1, 0.15) is 0 Å². The zero-order valence-corrected chi connectivity index (χ0v) is 14.5. The van der Waals surface area contributed by atoms with E-state index in [2.05, 4.69) is 26.8 Å². The molecule has 0 aliphatic heterocycles. The molecule has 4 aliphatic carbocycles. The lowest BCUT2D eigenvalue weighted by atomic mass is 9.45. The molecular formula is C21H34. The van der Waals surface area contributed by atoms with Crippen LogP contribution in [0.2, 0.25) is 0 Å². The molecule has 4 saturated carbocycles. The van der Waals surface area contributed by atoms with Gasteiger partial charge in [0.15, 0.2) is 0 Å². The third-order valence-corrected chi connectivity index (χ3v) is 8.78. The SMILES string of the molecule is C/C=C1\CC[C@H]2[C@@H]3CC[C@@H]4CCCC[C@]4(C)[C@H]3CC[C@]12C. The molecule has 0 bridgehead atoms. The summed E-state index contributed by atoms with van der Waals surface area (Å²) < 4.78 is 0. The first kappa shape index (κ1) is 14.3. The lowest BCUT2D eigenvalue weighted by Gasteiger charge is -2.60. The number of rotatable bonds is 0. The molecule has 6 atom stereocenters. The molecule has 21 heavy (non-hydrogen) atoms. The Labute approximate surface area is 131 Å². The van der Waals surface area contributed by atoms with Gasteiger partial charge in [-0.2, -0.15) is 0 Å². The van der Waals surface area contributed by atoms with Crippen LogP contribution in [0.15, 0.2) is 11.6 Å². The van der Waals surface area contributed by atoms with E-state index >= 15 is 0 Å². The smallest absolute Gasteiger partial charge is 0.00853 e. The quantitative estimate of drug-likeness (QED) is 0.454. The summed E-state index contributed by atoms with van der Waals surface area (Å²) in [6.07, 6.45) is 17.6. The largest absolute Gasteiger partial charge is 0.0879 e. The van der Waals surface area contributed by atoms with E-state index in [-0.39, 0.29) is 0 Å². The van der Waals surface area contributed by atoms with E-state index in [4.69, 9.17) is 0 Å². The first-order valence-corrected chi connectivity index (χ1v) is 9.75. The van der Waals surface area contributed by atoms with Crippen LogP contribution in [-0.2, 0) is 0 Å². The standard InChI is InChI=1S/C21H34/c1-4-15-9-11-18-17-10-8-16-7-5-6-13-20(16,2)19(17)12-14-21(15,18)3/h4,16-19H,5-14H2,1-3H3/b15-4+/t16-,17-,18-,19-,20-,21+/m0/s1. The van der Waals surface area contributed by atoms with Crippen molar-refractivity contribution in [1.29, 1.82) is 0 Å². The van der Waals surface area contributed by atoms with Crippen LogP contribution in [0, 0.1) is 34.5 Å². The topological polar surface area (TPSA) is 0 Å². The van der Waals surface area contributed by atoms with Gasteiger partial charge in [0, 0.05) is 0 Å². The minimum absolute atomic E-state index is 0.577. The summed E-state index contributed by atoms with van der Waals surface area (Å²) in [5.74, 6) is 4.20. The van der Waals surface area contributed by atoms with Gasteiger partial charge in [-0.3, -0.25) is 0 Å². The molecule has 0 aromatic carbocycles. The molecule has 0 aromatic rings. The predicted octanol–water partition coefficient (Wildman–Crippen LogP) is 6.37. The summed E-state index contributed by atoms with van der Waals surface area (Å²) >= 11 is 0. The van der Waals surface area contributed by atoms with Crippen LogP contribution in [0.3, 0.4) is 0 Å². The van der Waals surface area contributed by atoms with Gasteiger partial charge in [-0.15, -0.1) is 0 Å². The summed E-state index contributed by atoms with van der Waals surface area (Å²) in [6, 6.07) is 0. The summed E-state index contributed by atoms with van der Waals surface area (Å²) in [4.78, 5) is 0. The Bertz CT molecular complexity index is 447. The van der Waals surface area contributed by atoms with Gasteiger partial charge >= 0.3 is 0 Å². The summed E-state index contributed by atoms with van der Waals surface area (Å²) in [5, 5.41) is 0. The molecule has 4 rings (SSSR count). The molecule has 0 unspecified atom stereocenters. The highest BCUT2D eigenvalue weighted by Crippen LogP contribution is 2.67. The van der Waals surface area contributed by atoms with Crippen LogP contribution >= 0.6 is 0 Å². The molecule has 0 spiro atoms. The minimum atomic E-state index is 0.577. The van der Waals surface area contributed by atoms with E-state index in [1.54, 1.807) is 25.7 Å². The van der Waals surface area contributed by atoms with Gasteiger partial charge in [0.05, 0.1) is 0 Å². The average molecular weight is 287 g/mol. The van der Waals surface area contributed by atoms with Crippen molar-refractivity contribution in [3.05, 3.63) is 11.6 Å². The third kappa shape index (κ3) is 1.86. The fourth-order valence-electron chi connectivity index (χ4n) is 7.62. The van der Waals surface area contributed by atoms with Gasteiger partial charge in [0.2, 0.25) is 0 Å². The Hall–Kier alpha value is -0.260. The van der Waals surface area contributed by atoms with Crippen molar-refractivity contribution in [1.82, 2.24) is 0 Å². The Morgan fingerprint density at radius 2 is 1.76 bits per heavy atom. The molecule has 0 amide bonds. The highest BCUT2D eigenvalue weighted by atomic mass is 14.6. The van der Waals surface area contributed by atoms with Gasteiger partial charge in [0.25, 0.3) is 0 Å². The average Bonchev–Trinajstić information content (AvgIpc) is 2.83. The fraction of sp³-hybridized carbons (Fsp3) is 0.905. The molecule has 4 aliphatic rings. The van der Waals surface area contributed by atoms with Crippen LogP contribution in [0.4, 0.5) is 0 Å². The van der Waals surface area contributed by atoms with Gasteiger partial charge in [-0.1, -0.05) is 38.3 Å². The van der Waals surface area contributed by atoms with E-state index in [1.807, 2.05) is 5.57 Å². The van der Waals surface area contributed by atoms with Crippen molar-refractivity contribution in [2.45, 2.75) is 85.0 Å². The monoisotopic (exact) mass is 286 g/mol. The highest BCUT2D eigenvalue weighted by molar-refractivity contribution is 5.23. The zero-order valence-electron chi connectivity index (χ0n) is 14.5. The van der Waals surface area contributed by atoms with Crippen molar-refractivity contribution in [2.24, 2.45) is 34.5 Å². The predicted molar refractivity (Wildman–Crippen MR) is 90.1 cm³/mol. The van der Waals surface area contributed by atoms with Crippen LogP contribution < -0.4 is 0 Å². The van der Waals surface area contributed by atoms with Crippen molar-refractivity contribution < 1.29 is 0 Å². The van der Waals surface area contributed by atoms with Crippen molar-refractivity contribution in [2.75, 3.05) is 0 Å². The molecule has 0 heterocycles. The number of fused-ring (bicyclic) bond motifs is 5. The number of hydrogen-bond acceptors (Lipinski definition) is 0. The Balaban J connectivity index is 1.66. The third-order valence-electron chi connectivity index (χ3n) is 8.78. The highest BCUT2D eigenvalue weighted by Gasteiger charge is 2.58. The molecule has 0 saturated heterocycles. The Kier molecular flexibility index (Phi) is 3.32. The first-order valence-electron chi connectivity index (χ1n) is 9.75. The molecule has 0 aromatic heterocycles. The maximum atomic E-state index is 2.70. The van der Waals surface area contributed by atoms with Crippen molar-refractivity contribution in [3.8, 4) is 0 Å². The lowest BCUT2D eigenvalue weighted by Crippen LogP contribution is -2.52. The second-order valence-corrected chi connectivity index (χ2v) is 9.21. The summed E-state index contributed by atoms with van der Waals surface area (Å²) in [7, 11) is 0. The summed E-state index contributed by atoms with van der Waals surface area (Å²) in [6.45, 7) is 7.60. The molecule has 0 heteroatoms. The maximum Gasteiger partial charge on any atom is -0.00853 e. The van der Waals surface area contributed by atoms with E-state index in [1.165, 1.54) is 38.5 Å². The summed E-state index contributed by atoms with van der Waals surface area (Å²) in [5.41, 5.74) is 3.09. The van der Waals surface area contributed by atoms with Crippen LogP contribution in [0.1, 0.15) is 85.0 Å². The van der Waals surface area contributed by atoms with Crippen molar-refractivity contribution >= 4 is 0 Å². The second-order valence-electron chi connectivity index (χ2n) is 9.21. The van der Waals surface area contributed by atoms with E-state index < -0.39 is 0 Å². The molecule has 118 valence electrons. The fourth-order valence-corrected chi connectivity index (χ4v) is 7.62. The number of hydrogen-bond donors (Lipinski definition) is 0. The Morgan fingerprint density at radius 3 is 2.57 bits per heavy atom. The Morgan fingerprint density at radius 1 is 0.905 bits per heavy atom. The maximum absolute atomic E-state index is 2.70. The van der Waals surface area contributed by atoms with Crippen LogP contribution in [0.5, 0.6) is 0 Å². The number of allylic oxidation sites excluding steroid dienone is 2. The zero-order chi connectivity index (χ0) is 14.7. The molecule has 0 N–H and O–H groups in total. The lowest BCUT2D eigenvalue weighted by molar-refractivity contribution is -0.0972. The van der Waals surface area contributed by atoms with Gasteiger partial charge in [-0.05, 0) is 92.8 Å². The molecular weight excluding hydrogens is 252 g/mol. The molecule has 0 radical (unpaired) electrons. The van der Waals surface area contributed by atoms with Crippen LogP contribution in [0.25, 0.3) is 0 Å². The molecule has 0 nitrogen and oxygen atoms in total. The van der Waals surface area contributed by atoms with E-state index in [9.17, 15) is 0 Å². The molecule has 4 fully saturated rings. The second kappa shape index (κ2) is 4.87. The first-order chi connectivity index (χ1) is 10.1.